The number of carboxylic acid groups (broad SMARTS) is 1. The van der Waals surface area contributed by atoms with Gasteiger partial charge in [-0.25, -0.2) is 4.79 Å². The van der Waals surface area contributed by atoms with Gasteiger partial charge in [0.15, 0.2) is 0 Å². The molecule has 26 heavy (non-hydrogen) atoms. The molecule has 0 radical (unpaired) electrons. The normalized spacial score (nSPS) is 19.7. The maximum absolute atomic E-state index is 12.3. The number of carboxylic acids is 1. The molecule has 1 aliphatic rings. The lowest BCUT2D eigenvalue weighted by molar-refractivity contribution is -0.124. The van der Waals surface area contributed by atoms with Crippen molar-refractivity contribution in [2.24, 2.45) is 0 Å². The summed E-state index contributed by atoms with van der Waals surface area (Å²) in [7, 11) is 0. The number of aryl methyl sites for hydroxylation is 1. The summed E-state index contributed by atoms with van der Waals surface area (Å²) in [5.41, 5.74) is 1.05. The van der Waals surface area contributed by atoms with Crippen molar-refractivity contribution in [2.45, 2.75) is 32.0 Å². The van der Waals surface area contributed by atoms with Crippen LogP contribution < -0.4 is 10.1 Å². The molecular weight excluding hydrogens is 338 g/mol. The molecule has 1 fully saturated rings. The van der Waals surface area contributed by atoms with E-state index in [2.05, 4.69) is 10.4 Å². The number of rotatable bonds is 6. The maximum atomic E-state index is 12.3. The highest BCUT2D eigenvalue weighted by molar-refractivity contribution is 5.87. The van der Waals surface area contributed by atoms with Crippen LogP contribution in [0.3, 0.4) is 0 Å². The molecule has 0 saturated carbocycles. The molecule has 1 saturated heterocycles. The Balaban J connectivity index is 1.60. The number of aromatic nitrogens is 2. The molecule has 3 rings (SSSR count). The Labute approximate surface area is 150 Å². The van der Waals surface area contributed by atoms with Gasteiger partial charge in [-0.3, -0.25) is 9.48 Å². The summed E-state index contributed by atoms with van der Waals surface area (Å²) in [6.07, 6.45) is 2.06. The van der Waals surface area contributed by atoms with Crippen molar-refractivity contribution in [3.05, 3.63) is 47.8 Å². The Morgan fingerprint density at radius 1 is 1.35 bits per heavy atom. The number of nitrogens with zero attached hydrogens (tertiary/aromatic N) is 2. The summed E-state index contributed by atoms with van der Waals surface area (Å²) < 4.78 is 13.0. The molecule has 2 N–H and O–H groups in total. The molecular formula is C18H21N3O5. The smallest absolute Gasteiger partial charge is 0.335 e. The fourth-order valence-electron chi connectivity index (χ4n) is 2.79. The number of hydrogen-bond acceptors (Lipinski definition) is 5. The first kappa shape index (κ1) is 17.9. The van der Waals surface area contributed by atoms with Crippen LogP contribution in [0.5, 0.6) is 5.75 Å². The molecule has 0 bridgehead atoms. The summed E-state index contributed by atoms with van der Waals surface area (Å²) in [5.74, 6) is -0.598. The summed E-state index contributed by atoms with van der Waals surface area (Å²) in [6, 6.07) is 7.82. The molecule has 0 spiro atoms. The average Bonchev–Trinajstić information content (AvgIpc) is 3.02. The van der Waals surface area contributed by atoms with E-state index in [0.29, 0.717) is 25.4 Å². The van der Waals surface area contributed by atoms with Gasteiger partial charge >= 0.3 is 5.97 Å². The molecule has 1 aliphatic heterocycles. The SMILES string of the molecule is Cc1ccn(CC(=O)N[C@@H]2CCOC[C@H]2Oc2ccc(C(=O)O)cc2)n1. The molecule has 8 heteroatoms. The first-order valence-electron chi connectivity index (χ1n) is 8.38. The van der Waals surface area contributed by atoms with Gasteiger partial charge in [0.05, 0.1) is 23.9 Å². The van der Waals surface area contributed by atoms with Crippen molar-refractivity contribution < 1.29 is 24.2 Å². The van der Waals surface area contributed by atoms with Crippen LogP contribution in [0.1, 0.15) is 22.5 Å². The van der Waals surface area contributed by atoms with Gasteiger partial charge in [0.2, 0.25) is 5.91 Å². The molecule has 1 aromatic heterocycles. The summed E-state index contributed by atoms with van der Waals surface area (Å²) in [5, 5.41) is 16.1. The number of amides is 1. The molecule has 1 amide bonds. The van der Waals surface area contributed by atoms with Gasteiger partial charge in [0, 0.05) is 12.8 Å². The predicted octanol–water partition coefficient (Wildman–Crippen LogP) is 1.24. The zero-order valence-corrected chi connectivity index (χ0v) is 14.4. The minimum absolute atomic E-state index is 0.144. The summed E-state index contributed by atoms with van der Waals surface area (Å²) in [4.78, 5) is 23.2. The molecule has 2 aromatic rings. The van der Waals surface area contributed by atoms with Crippen molar-refractivity contribution >= 4 is 11.9 Å². The number of ether oxygens (including phenoxy) is 2. The van der Waals surface area contributed by atoms with E-state index in [0.717, 1.165) is 5.69 Å². The van der Waals surface area contributed by atoms with Crippen LogP contribution in [0.2, 0.25) is 0 Å². The highest BCUT2D eigenvalue weighted by Crippen LogP contribution is 2.18. The van der Waals surface area contributed by atoms with Gasteiger partial charge in [-0.15, -0.1) is 0 Å². The molecule has 0 unspecified atom stereocenters. The van der Waals surface area contributed by atoms with Crippen LogP contribution in [0.4, 0.5) is 0 Å². The lowest BCUT2D eigenvalue weighted by Crippen LogP contribution is -2.52. The van der Waals surface area contributed by atoms with Crippen LogP contribution in [-0.4, -0.2) is 52.1 Å². The second-order valence-corrected chi connectivity index (χ2v) is 6.18. The Morgan fingerprint density at radius 2 is 2.12 bits per heavy atom. The quantitative estimate of drug-likeness (QED) is 0.804. The van der Waals surface area contributed by atoms with Crippen LogP contribution in [0, 0.1) is 6.92 Å². The van der Waals surface area contributed by atoms with Gasteiger partial charge in [-0.2, -0.15) is 5.10 Å². The van der Waals surface area contributed by atoms with Gasteiger partial charge in [-0.1, -0.05) is 0 Å². The van der Waals surface area contributed by atoms with E-state index in [1.54, 1.807) is 23.0 Å². The van der Waals surface area contributed by atoms with Gasteiger partial charge in [0.1, 0.15) is 18.4 Å². The molecule has 1 aromatic carbocycles. The minimum atomic E-state index is -0.989. The Morgan fingerprint density at radius 3 is 2.77 bits per heavy atom. The number of hydrogen-bond donors (Lipinski definition) is 2. The summed E-state index contributed by atoms with van der Waals surface area (Å²) in [6.45, 7) is 2.91. The first-order valence-corrected chi connectivity index (χ1v) is 8.38. The third-order valence-electron chi connectivity index (χ3n) is 4.12. The third kappa shape index (κ3) is 4.60. The largest absolute Gasteiger partial charge is 0.486 e. The van der Waals surface area contributed by atoms with E-state index in [4.69, 9.17) is 14.6 Å². The Kier molecular flexibility index (Phi) is 5.52. The van der Waals surface area contributed by atoms with E-state index in [1.807, 2.05) is 13.0 Å². The second-order valence-electron chi connectivity index (χ2n) is 6.18. The first-order chi connectivity index (χ1) is 12.5. The third-order valence-corrected chi connectivity index (χ3v) is 4.12. The van der Waals surface area contributed by atoms with E-state index in [1.165, 1.54) is 12.1 Å². The van der Waals surface area contributed by atoms with Crippen molar-refractivity contribution in [3.8, 4) is 5.75 Å². The van der Waals surface area contributed by atoms with Crippen molar-refractivity contribution in [3.63, 3.8) is 0 Å². The lowest BCUT2D eigenvalue weighted by atomic mass is 10.1. The zero-order chi connectivity index (χ0) is 18.5. The number of benzene rings is 1. The Hall–Kier alpha value is -2.87. The van der Waals surface area contributed by atoms with Gasteiger partial charge in [0.25, 0.3) is 0 Å². The van der Waals surface area contributed by atoms with Gasteiger partial charge < -0.3 is 19.9 Å². The standard InChI is InChI=1S/C18H21N3O5/c1-12-6-8-21(20-12)10-17(22)19-15-7-9-25-11-16(15)26-14-4-2-13(3-5-14)18(23)24/h2-6,8,15-16H,7,9-11H2,1H3,(H,19,22)(H,23,24)/t15-,16-/m1/s1. The highest BCUT2D eigenvalue weighted by atomic mass is 16.5. The molecule has 2 atom stereocenters. The topological polar surface area (TPSA) is 103 Å². The zero-order valence-electron chi connectivity index (χ0n) is 14.4. The second kappa shape index (κ2) is 8.01. The number of nitrogens with one attached hydrogen (secondary N) is 1. The molecule has 0 aliphatic carbocycles. The van der Waals surface area contributed by atoms with Crippen molar-refractivity contribution in [1.29, 1.82) is 0 Å². The van der Waals surface area contributed by atoms with E-state index in [-0.39, 0.29) is 30.2 Å². The van der Waals surface area contributed by atoms with Crippen LogP contribution in [0.25, 0.3) is 0 Å². The van der Waals surface area contributed by atoms with E-state index < -0.39 is 5.97 Å². The number of carbonyl (C=O) groups is 2. The predicted molar refractivity (Wildman–Crippen MR) is 92.1 cm³/mol. The average molecular weight is 359 g/mol. The lowest BCUT2D eigenvalue weighted by Gasteiger charge is -2.32. The molecule has 2 heterocycles. The Bertz CT molecular complexity index is 771. The van der Waals surface area contributed by atoms with Crippen LogP contribution in [-0.2, 0) is 16.1 Å². The number of aromatic carboxylic acids is 1. The molecule has 8 nitrogen and oxygen atoms in total. The van der Waals surface area contributed by atoms with E-state index in [9.17, 15) is 9.59 Å². The fraction of sp³-hybridized carbons (Fsp3) is 0.389. The van der Waals surface area contributed by atoms with Crippen molar-refractivity contribution in [1.82, 2.24) is 15.1 Å². The molecule has 138 valence electrons. The van der Waals surface area contributed by atoms with Crippen LogP contribution >= 0.6 is 0 Å². The minimum Gasteiger partial charge on any atom is -0.486 e. The van der Waals surface area contributed by atoms with Crippen molar-refractivity contribution in [2.75, 3.05) is 13.2 Å². The highest BCUT2D eigenvalue weighted by Gasteiger charge is 2.29. The maximum Gasteiger partial charge on any atom is 0.335 e. The number of carbonyl (C=O) groups excluding carboxylic acids is 1. The van der Waals surface area contributed by atoms with Crippen LogP contribution in [0.15, 0.2) is 36.5 Å². The fourth-order valence-corrected chi connectivity index (χ4v) is 2.79. The summed E-state index contributed by atoms with van der Waals surface area (Å²) >= 11 is 0. The monoisotopic (exact) mass is 359 g/mol. The van der Waals surface area contributed by atoms with Gasteiger partial charge in [-0.05, 0) is 43.7 Å². The van der Waals surface area contributed by atoms with E-state index >= 15 is 0 Å².